The van der Waals surface area contributed by atoms with Gasteiger partial charge in [0.25, 0.3) is 5.79 Å². The van der Waals surface area contributed by atoms with Crippen molar-refractivity contribution in [2.45, 2.75) is 51.3 Å². The number of hydrogen-bond donors (Lipinski definition) is 3. The Morgan fingerprint density at radius 1 is 1.19 bits per heavy atom. The molecule has 2 aromatic carbocycles. The number of aliphatic hydroxyl groups excluding tert-OH is 1. The topological polar surface area (TPSA) is 128 Å². The molecule has 164 valence electrons. The predicted octanol–water partition coefficient (Wildman–Crippen LogP) is 3.30. The summed E-state index contributed by atoms with van der Waals surface area (Å²) in [6, 6.07) is 12.1. The maximum Gasteiger partial charge on any atom is 0.405 e. The molecule has 0 saturated heterocycles. The van der Waals surface area contributed by atoms with Gasteiger partial charge in [-0.05, 0) is 41.2 Å². The van der Waals surface area contributed by atoms with Crippen LogP contribution in [-0.4, -0.2) is 40.3 Å². The van der Waals surface area contributed by atoms with E-state index in [1.807, 2.05) is 19.9 Å². The lowest BCUT2D eigenvalue weighted by Gasteiger charge is -2.51. The zero-order valence-corrected chi connectivity index (χ0v) is 17.3. The van der Waals surface area contributed by atoms with E-state index in [1.54, 1.807) is 36.4 Å². The molecule has 8 nitrogen and oxygen atoms in total. The van der Waals surface area contributed by atoms with E-state index in [9.17, 15) is 19.8 Å². The van der Waals surface area contributed by atoms with Crippen LogP contribution < -0.4 is 10.5 Å². The fourth-order valence-electron chi connectivity index (χ4n) is 4.62. The maximum absolute atomic E-state index is 11.6. The summed E-state index contributed by atoms with van der Waals surface area (Å²) in [7, 11) is 0. The maximum atomic E-state index is 11.6. The number of aromatic carboxylic acids is 1. The van der Waals surface area contributed by atoms with Crippen molar-refractivity contribution < 1.29 is 34.0 Å². The molecule has 3 atom stereocenters. The van der Waals surface area contributed by atoms with Crippen molar-refractivity contribution in [1.82, 2.24) is 0 Å². The van der Waals surface area contributed by atoms with Gasteiger partial charge in [-0.25, -0.2) is 9.59 Å². The zero-order valence-electron chi connectivity index (χ0n) is 17.3. The number of carbonyl (C=O) groups excluding carboxylic acids is 1. The molecule has 1 aliphatic carbocycles. The molecular formula is C23H25NO7. The molecule has 2 aliphatic rings. The van der Waals surface area contributed by atoms with E-state index in [2.05, 4.69) is 0 Å². The highest BCUT2D eigenvalue weighted by Crippen LogP contribution is 2.48. The monoisotopic (exact) mass is 427 g/mol. The summed E-state index contributed by atoms with van der Waals surface area (Å²) in [5.74, 6) is -1.86. The van der Waals surface area contributed by atoms with Gasteiger partial charge in [0.15, 0.2) is 6.10 Å². The molecule has 8 heteroatoms. The highest BCUT2D eigenvalue weighted by molar-refractivity contribution is 5.96. The number of primary amides is 1. The average molecular weight is 427 g/mol. The van der Waals surface area contributed by atoms with Gasteiger partial charge >= 0.3 is 12.1 Å². The second-order valence-corrected chi connectivity index (χ2v) is 8.85. The second kappa shape index (κ2) is 7.55. The number of nitrogens with two attached hydrogens (primary N) is 1. The van der Waals surface area contributed by atoms with Gasteiger partial charge in [0.05, 0.1) is 18.3 Å². The fraction of sp³-hybridized carbons (Fsp3) is 0.391. The molecule has 0 radical (unpaired) electrons. The van der Waals surface area contributed by atoms with Crippen LogP contribution in [0.5, 0.6) is 5.75 Å². The van der Waals surface area contributed by atoms with Crippen molar-refractivity contribution in [3.05, 3.63) is 53.6 Å². The van der Waals surface area contributed by atoms with E-state index in [4.69, 9.17) is 19.9 Å². The number of carboxylic acid groups (broad SMARTS) is 1. The molecule has 0 unspecified atom stereocenters. The van der Waals surface area contributed by atoms with Crippen LogP contribution in [0.2, 0.25) is 0 Å². The number of carboxylic acids is 1. The van der Waals surface area contributed by atoms with Gasteiger partial charge in [-0.2, -0.15) is 0 Å². The minimum absolute atomic E-state index is 0.139. The number of amides is 1. The Hall–Kier alpha value is -3.10. The number of rotatable bonds is 3. The SMILES string of the molecule is CC1(C)C[C@H](O)[C@H](OC(N)=O)[C@@]2(C1)OCc1cc(-c3ccccc3C(=O)O)ccc1O2. The van der Waals surface area contributed by atoms with E-state index in [0.29, 0.717) is 29.7 Å². The van der Waals surface area contributed by atoms with Gasteiger partial charge in [0, 0.05) is 12.0 Å². The van der Waals surface area contributed by atoms with Crippen molar-refractivity contribution in [3.63, 3.8) is 0 Å². The normalized spacial score (nSPS) is 26.5. The van der Waals surface area contributed by atoms with Crippen molar-refractivity contribution in [1.29, 1.82) is 0 Å². The molecule has 2 aromatic rings. The third kappa shape index (κ3) is 3.96. The van der Waals surface area contributed by atoms with Crippen LogP contribution in [0.4, 0.5) is 4.79 Å². The summed E-state index contributed by atoms with van der Waals surface area (Å²) >= 11 is 0. The zero-order chi connectivity index (χ0) is 22.4. The molecule has 4 N–H and O–H groups in total. The van der Waals surface area contributed by atoms with Crippen LogP contribution in [0.25, 0.3) is 11.1 Å². The summed E-state index contributed by atoms with van der Waals surface area (Å²) < 4.78 is 17.5. The highest BCUT2D eigenvalue weighted by Gasteiger charge is 2.58. The third-order valence-corrected chi connectivity index (χ3v) is 5.80. The van der Waals surface area contributed by atoms with Crippen LogP contribution in [0.1, 0.15) is 42.6 Å². The molecule has 1 heterocycles. The van der Waals surface area contributed by atoms with Gasteiger partial charge < -0.3 is 30.2 Å². The van der Waals surface area contributed by atoms with E-state index in [0.717, 1.165) is 5.56 Å². The van der Waals surface area contributed by atoms with Crippen molar-refractivity contribution >= 4 is 12.1 Å². The smallest absolute Gasteiger partial charge is 0.405 e. The Morgan fingerprint density at radius 2 is 1.94 bits per heavy atom. The minimum Gasteiger partial charge on any atom is -0.478 e. The number of benzene rings is 2. The Balaban J connectivity index is 1.70. The number of fused-ring (bicyclic) bond motifs is 1. The minimum atomic E-state index is -1.37. The number of ether oxygens (including phenoxy) is 3. The molecule has 1 saturated carbocycles. The van der Waals surface area contributed by atoms with E-state index >= 15 is 0 Å². The molecule has 1 aliphatic heterocycles. The van der Waals surface area contributed by atoms with E-state index in [-0.39, 0.29) is 17.6 Å². The highest BCUT2D eigenvalue weighted by atomic mass is 16.7. The Kier molecular flexibility index (Phi) is 5.15. The van der Waals surface area contributed by atoms with Crippen LogP contribution in [0, 0.1) is 5.41 Å². The first-order valence-corrected chi connectivity index (χ1v) is 10.0. The Morgan fingerprint density at radius 3 is 2.65 bits per heavy atom. The van der Waals surface area contributed by atoms with Crippen LogP contribution >= 0.6 is 0 Å². The summed E-state index contributed by atoms with van der Waals surface area (Å²) in [4.78, 5) is 23.0. The lowest BCUT2D eigenvalue weighted by Crippen LogP contribution is -2.64. The number of hydrogen-bond acceptors (Lipinski definition) is 6. The van der Waals surface area contributed by atoms with E-state index in [1.165, 1.54) is 0 Å². The summed E-state index contributed by atoms with van der Waals surface area (Å²) in [5.41, 5.74) is 7.13. The molecule has 4 rings (SSSR count). The Labute approximate surface area is 179 Å². The first-order chi connectivity index (χ1) is 14.6. The van der Waals surface area contributed by atoms with Crippen LogP contribution in [0.15, 0.2) is 42.5 Å². The average Bonchev–Trinajstić information content (AvgIpc) is 2.69. The van der Waals surface area contributed by atoms with Crippen LogP contribution in [-0.2, 0) is 16.1 Å². The standard InChI is InChI=1S/C23H25NO7/c1-22(2)10-17(25)19(30-21(24)28)23(12-22)29-11-14-9-13(7-8-18(14)31-23)15-5-3-4-6-16(15)20(26)27/h3-9,17,19,25H,10-12H2,1-2H3,(H2,24,28)(H,26,27)/t17-,19-,23-/m0/s1. The molecule has 1 spiro atoms. The van der Waals surface area contributed by atoms with Gasteiger partial charge in [-0.1, -0.05) is 38.1 Å². The van der Waals surface area contributed by atoms with Gasteiger partial charge in [-0.15, -0.1) is 0 Å². The molecule has 31 heavy (non-hydrogen) atoms. The molecule has 1 amide bonds. The summed E-state index contributed by atoms with van der Waals surface area (Å²) in [6.45, 7) is 4.10. The lowest BCUT2D eigenvalue weighted by molar-refractivity contribution is -0.303. The van der Waals surface area contributed by atoms with Gasteiger partial charge in [0.2, 0.25) is 0 Å². The number of carbonyl (C=O) groups is 2. The Bertz CT molecular complexity index is 1030. The van der Waals surface area contributed by atoms with Gasteiger partial charge in [0.1, 0.15) is 5.75 Å². The largest absolute Gasteiger partial charge is 0.478 e. The summed E-state index contributed by atoms with van der Waals surface area (Å²) in [5, 5.41) is 20.1. The molecule has 0 bridgehead atoms. The fourth-order valence-corrected chi connectivity index (χ4v) is 4.62. The molecule has 0 aromatic heterocycles. The van der Waals surface area contributed by atoms with Crippen LogP contribution in [0.3, 0.4) is 0 Å². The van der Waals surface area contributed by atoms with Crippen molar-refractivity contribution in [2.24, 2.45) is 11.1 Å². The van der Waals surface area contributed by atoms with Crippen molar-refractivity contribution in [2.75, 3.05) is 0 Å². The number of aliphatic hydroxyl groups is 1. The van der Waals surface area contributed by atoms with Gasteiger partial charge in [-0.3, -0.25) is 0 Å². The second-order valence-electron chi connectivity index (χ2n) is 8.85. The first kappa shape index (κ1) is 21.1. The molecule has 1 fully saturated rings. The first-order valence-electron chi connectivity index (χ1n) is 10.0. The predicted molar refractivity (Wildman–Crippen MR) is 110 cm³/mol. The third-order valence-electron chi connectivity index (χ3n) is 5.80. The van der Waals surface area contributed by atoms with Crippen molar-refractivity contribution in [3.8, 4) is 16.9 Å². The summed E-state index contributed by atoms with van der Waals surface area (Å²) in [6.07, 6.45) is -2.30. The lowest BCUT2D eigenvalue weighted by atomic mass is 9.71. The molecular weight excluding hydrogens is 402 g/mol. The van der Waals surface area contributed by atoms with E-state index < -0.39 is 30.1 Å². The quantitative estimate of drug-likeness (QED) is 0.685.